The summed E-state index contributed by atoms with van der Waals surface area (Å²) in [6.07, 6.45) is 0. The second-order valence-electron chi connectivity index (χ2n) is 1.66. The minimum atomic E-state index is 1.25. The van der Waals surface area contributed by atoms with Crippen LogP contribution in [0.3, 0.4) is 0 Å². The zero-order chi connectivity index (χ0) is 5.98. The van der Waals surface area contributed by atoms with Gasteiger partial charge in [0.05, 0.1) is 0 Å². The molecule has 0 aromatic heterocycles. The molecule has 1 saturated heterocycles. The molecular weight excluding hydrogens is 138 g/mol. The van der Waals surface area contributed by atoms with Crippen molar-refractivity contribution in [2.24, 2.45) is 0 Å². The maximum absolute atomic E-state index is 3.78. The van der Waals surface area contributed by atoms with Crippen molar-refractivity contribution in [2.45, 2.75) is 0 Å². The minimum absolute atomic E-state index is 1.25. The normalized spacial score (nSPS) is 19.4. The van der Waals surface area contributed by atoms with Gasteiger partial charge in [0.15, 0.2) is 0 Å². The van der Waals surface area contributed by atoms with Crippen molar-refractivity contribution >= 4 is 30.2 Å². The Morgan fingerprint density at radius 1 is 1.50 bits per heavy atom. The van der Waals surface area contributed by atoms with Crippen LogP contribution in [0.5, 0.6) is 0 Å². The van der Waals surface area contributed by atoms with E-state index >= 15 is 0 Å². The van der Waals surface area contributed by atoms with Crippen molar-refractivity contribution in [3.63, 3.8) is 0 Å². The molecular formula is C5H9NS2. The van der Waals surface area contributed by atoms with Gasteiger partial charge in [-0.2, -0.15) is 23.5 Å². The van der Waals surface area contributed by atoms with E-state index in [1.54, 1.807) is 0 Å². The van der Waals surface area contributed by atoms with Gasteiger partial charge >= 0.3 is 0 Å². The van der Waals surface area contributed by atoms with Crippen molar-refractivity contribution in [2.75, 3.05) is 18.6 Å². The molecule has 0 N–H and O–H groups in total. The van der Waals surface area contributed by atoms with Crippen LogP contribution in [-0.4, -0.2) is 29.8 Å². The van der Waals surface area contributed by atoms with E-state index in [0.717, 1.165) is 0 Å². The van der Waals surface area contributed by atoms with E-state index in [1.807, 2.05) is 35.1 Å². The highest BCUT2D eigenvalue weighted by molar-refractivity contribution is 8.23. The van der Waals surface area contributed by atoms with E-state index in [4.69, 9.17) is 0 Å². The van der Waals surface area contributed by atoms with Crippen LogP contribution < -0.4 is 0 Å². The molecule has 1 rings (SSSR count). The molecule has 46 valence electrons. The van der Waals surface area contributed by atoms with Gasteiger partial charge < -0.3 is 4.58 Å². The number of thioether (sulfide) groups is 2. The maximum Gasteiger partial charge on any atom is 0.129 e. The Labute approximate surface area is 58.5 Å². The Morgan fingerprint density at radius 3 is 2.25 bits per heavy atom. The summed E-state index contributed by atoms with van der Waals surface area (Å²) in [5.74, 6) is 2.50. The summed E-state index contributed by atoms with van der Waals surface area (Å²) < 4.78 is 3.28. The van der Waals surface area contributed by atoms with Crippen LogP contribution in [-0.2, 0) is 0 Å². The summed E-state index contributed by atoms with van der Waals surface area (Å²) in [4.78, 5) is 0. The Kier molecular flexibility index (Phi) is 2.14. The summed E-state index contributed by atoms with van der Waals surface area (Å²) in [6.45, 7) is 3.78. The predicted octanol–water partition coefficient (Wildman–Crippen LogP) is 1.26. The highest BCUT2D eigenvalue weighted by atomic mass is 32.2. The van der Waals surface area contributed by atoms with Gasteiger partial charge in [-0.3, -0.25) is 0 Å². The SMILES string of the molecule is C=[N+](C)[C-]1SCCS1. The lowest BCUT2D eigenvalue weighted by Gasteiger charge is -2.08. The topological polar surface area (TPSA) is 3.01 Å². The molecule has 1 nitrogen and oxygen atoms in total. The number of hydrogen-bond acceptors (Lipinski definition) is 2. The first-order valence-electron chi connectivity index (χ1n) is 2.47. The zero-order valence-electron chi connectivity index (χ0n) is 4.89. The maximum atomic E-state index is 3.78. The van der Waals surface area contributed by atoms with Crippen LogP contribution >= 0.6 is 23.5 Å². The third kappa shape index (κ3) is 1.36. The molecule has 0 bridgehead atoms. The molecule has 1 aliphatic heterocycles. The van der Waals surface area contributed by atoms with E-state index in [1.165, 1.54) is 16.2 Å². The average molecular weight is 147 g/mol. The van der Waals surface area contributed by atoms with E-state index in [9.17, 15) is 0 Å². The van der Waals surface area contributed by atoms with Gasteiger partial charge in [-0.15, -0.1) is 0 Å². The van der Waals surface area contributed by atoms with Gasteiger partial charge in [0.2, 0.25) is 0 Å². The molecule has 0 saturated carbocycles. The second kappa shape index (κ2) is 2.69. The molecule has 0 amide bonds. The van der Waals surface area contributed by atoms with Crippen LogP contribution in [0, 0.1) is 4.71 Å². The fourth-order valence-electron chi connectivity index (χ4n) is 0.520. The van der Waals surface area contributed by atoms with Crippen LogP contribution in [0.4, 0.5) is 0 Å². The van der Waals surface area contributed by atoms with E-state index in [0.29, 0.717) is 0 Å². The van der Waals surface area contributed by atoms with Crippen LogP contribution in [0.2, 0.25) is 0 Å². The van der Waals surface area contributed by atoms with Crippen LogP contribution in [0.1, 0.15) is 0 Å². The Hall–Kier alpha value is 0.240. The molecule has 1 heterocycles. The van der Waals surface area contributed by atoms with Gasteiger partial charge in [0, 0.05) is 0 Å². The lowest BCUT2D eigenvalue weighted by molar-refractivity contribution is -0.437. The van der Waals surface area contributed by atoms with Crippen LogP contribution in [0.25, 0.3) is 0 Å². The predicted molar refractivity (Wildman–Crippen MR) is 41.5 cm³/mol. The van der Waals surface area contributed by atoms with Crippen molar-refractivity contribution in [3.05, 3.63) is 4.71 Å². The Balaban J connectivity index is 2.35. The fourth-order valence-corrected chi connectivity index (χ4v) is 2.81. The lowest BCUT2D eigenvalue weighted by atomic mass is 11.0. The van der Waals surface area contributed by atoms with Crippen molar-refractivity contribution in [1.29, 1.82) is 0 Å². The van der Waals surface area contributed by atoms with Gasteiger partial charge in [-0.25, -0.2) is 0 Å². The minimum Gasteiger partial charge on any atom is -0.354 e. The Bertz CT molecular complexity index is 96.6. The molecule has 0 atom stereocenters. The van der Waals surface area contributed by atoms with Crippen LogP contribution in [0.15, 0.2) is 0 Å². The summed E-state index contributed by atoms with van der Waals surface area (Å²) >= 11 is 3.79. The molecule has 3 heteroatoms. The number of hydrogen-bond donors (Lipinski definition) is 0. The van der Waals surface area contributed by atoms with E-state index in [2.05, 4.69) is 6.72 Å². The third-order valence-corrected chi connectivity index (χ3v) is 3.75. The molecule has 0 radical (unpaired) electrons. The monoisotopic (exact) mass is 147 g/mol. The standard InChI is InChI=1S/C5H9NS2/c1-6(2)5-7-3-4-8-5/h1,3-4H2,2H3. The summed E-state index contributed by atoms with van der Waals surface area (Å²) in [5.41, 5.74) is 0. The van der Waals surface area contributed by atoms with Crippen molar-refractivity contribution in [1.82, 2.24) is 0 Å². The molecule has 0 unspecified atom stereocenters. The average Bonchev–Trinajstić information content (AvgIpc) is 2.12. The molecule has 1 fully saturated rings. The molecule has 0 spiro atoms. The van der Waals surface area contributed by atoms with Crippen molar-refractivity contribution in [3.8, 4) is 0 Å². The van der Waals surface area contributed by atoms with Crippen molar-refractivity contribution < 1.29 is 4.58 Å². The van der Waals surface area contributed by atoms with Gasteiger partial charge in [-0.05, 0) is 18.2 Å². The Morgan fingerprint density at radius 2 is 2.00 bits per heavy atom. The highest BCUT2D eigenvalue weighted by Crippen LogP contribution is 2.38. The zero-order valence-corrected chi connectivity index (χ0v) is 6.52. The molecule has 0 aromatic rings. The first-order valence-corrected chi connectivity index (χ1v) is 4.44. The molecule has 1 aliphatic rings. The largest absolute Gasteiger partial charge is 0.354 e. The summed E-state index contributed by atoms with van der Waals surface area (Å²) in [7, 11) is 1.99. The summed E-state index contributed by atoms with van der Waals surface area (Å²) in [5, 5.41) is 0. The quantitative estimate of drug-likeness (QED) is 0.312. The van der Waals surface area contributed by atoms with E-state index in [-0.39, 0.29) is 0 Å². The highest BCUT2D eigenvalue weighted by Gasteiger charge is 2.13. The molecule has 8 heavy (non-hydrogen) atoms. The third-order valence-electron chi connectivity index (χ3n) is 0.846. The number of rotatable bonds is 1. The smallest absolute Gasteiger partial charge is 0.129 e. The van der Waals surface area contributed by atoms with Gasteiger partial charge in [-0.1, -0.05) is 0 Å². The lowest BCUT2D eigenvalue weighted by Crippen LogP contribution is -2.00. The second-order valence-corrected chi connectivity index (χ2v) is 4.09. The first-order chi connectivity index (χ1) is 3.80. The fraction of sp³-hybridized carbons (Fsp3) is 0.600. The molecule has 0 aliphatic carbocycles. The number of nitrogens with zero attached hydrogens (tertiary/aromatic N) is 1. The molecule has 0 aromatic carbocycles. The first kappa shape index (κ1) is 6.36. The summed E-state index contributed by atoms with van der Waals surface area (Å²) in [6, 6.07) is 0. The van der Waals surface area contributed by atoms with Gasteiger partial charge in [0.1, 0.15) is 11.8 Å². The van der Waals surface area contributed by atoms with E-state index < -0.39 is 0 Å². The van der Waals surface area contributed by atoms with Gasteiger partial charge in [0.25, 0.3) is 0 Å².